The molecule has 2 aliphatic rings. The molecule has 2 aliphatic heterocycles. The van der Waals surface area contributed by atoms with Crippen LogP contribution in [0.1, 0.15) is 26.2 Å². The highest BCUT2D eigenvalue weighted by molar-refractivity contribution is 7.99. The van der Waals surface area contributed by atoms with Crippen molar-refractivity contribution < 1.29 is 14.3 Å². The van der Waals surface area contributed by atoms with Gasteiger partial charge >= 0.3 is 0 Å². The van der Waals surface area contributed by atoms with Crippen LogP contribution >= 0.6 is 11.8 Å². The van der Waals surface area contributed by atoms with Gasteiger partial charge in [-0.25, -0.2) is 15.0 Å². The van der Waals surface area contributed by atoms with Gasteiger partial charge in [0.2, 0.25) is 5.91 Å². The van der Waals surface area contributed by atoms with Crippen LogP contribution in [0.2, 0.25) is 0 Å². The lowest BCUT2D eigenvalue weighted by atomic mass is 9.95. The van der Waals surface area contributed by atoms with Gasteiger partial charge in [-0.1, -0.05) is 0 Å². The van der Waals surface area contributed by atoms with Crippen molar-refractivity contribution in [3.63, 3.8) is 0 Å². The van der Waals surface area contributed by atoms with Crippen LogP contribution in [0.4, 0.5) is 11.5 Å². The van der Waals surface area contributed by atoms with Gasteiger partial charge in [-0.15, -0.1) is 0 Å². The van der Waals surface area contributed by atoms with Crippen molar-refractivity contribution in [3.05, 3.63) is 18.5 Å². The van der Waals surface area contributed by atoms with Gasteiger partial charge in [0.25, 0.3) is 0 Å². The highest BCUT2D eigenvalue weighted by Crippen LogP contribution is 2.43. The molecule has 3 aromatic rings. The minimum atomic E-state index is 0.148. The summed E-state index contributed by atoms with van der Waals surface area (Å²) in [5.41, 5.74) is 8.51. The van der Waals surface area contributed by atoms with E-state index in [0.29, 0.717) is 30.5 Å². The zero-order valence-corrected chi connectivity index (χ0v) is 21.2. The van der Waals surface area contributed by atoms with Crippen LogP contribution in [0.15, 0.2) is 28.5 Å². The van der Waals surface area contributed by atoms with Crippen LogP contribution in [-0.2, 0) is 11.3 Å². The van der Waals surface area contributed by atoms with Crippen LogP contribution in [0.5, 0.6) is 11.5 Å². The minimum Gasteiger partial charge on any atom is -0.486 e. The fourth-order valence-electron chi connectivity index (χ4n) is 4.70. The number of amides is 1. The molecule has 186 valence electrons. The number of aryl methyl sites for hydroxylation is 1. The van der Waals surface area contributed by atoms with E-state index in [1.165, 1.54) is 6.33 Å². The predicted octanol–water partition coefficient (Wildman–Crippen LogP) is 3.05. The van der Waals surface area contributed by atoms with Gasteiger partial charge in [-0.2, -0.15) is 0 Å². The van der Waals surface area contributed by atoms with Crippen molar-refractivity contribution in [2.45, 2.75) is 42.8 Å². The number of benzene rings is 1. The van der Waals surface area contributed by atoms with E-state index in [1.807, 2.05) is 31.1 Å². The maximum Gasteiger partial charge on any atom is 0.219 e. The fraction of sp³-hybridized carbons (Fsp3) is 0.500. The number of hydrogen-bond donors (Lipinski definition) is 1. The maximum absolute atomic E-state index is 11.9. The number of aromatic nitrogens is 4. The molecule has 0 bridgehead atoms. The average molecular weight is 498 g/mol. The Labute approximate surface area is 208 Å². The molecule has 1 atom stereocenters. The van der Waals surface area contributed by atoms with Crippen LogP contribution in [0, 0.1) is 5.92 Å². The Balaban J connectivity index is 1.47. The van der Waals surface area contributed by atoms with Gasteiger partial charge in [-0.3, -0.25) is 4.79 Å². The Morgan fingerprint density at radius 3 is 2.74 bits per heavy atom. The zero-order valence-electron chi connectivity index (χ0n) is 20.4. The number of nitrogen functional groups attached to an aromatic ring is 1. The van der Waals surface area contributed by atoms with Gasteiger partial charge in [-0.05, 0) is 36.9 Å². The first-order valence-corrected chi connectivity index (χ1v) is 12.7. The first-order valence-electron chi connectivity index (χ1n) is 11.9. The molecular formula is C24H31N7O3S. The maximum atomic E-state index is 11.9. The molecule has 0 saturated carbocycles. The van der Waals surface area contributed by atoms with E-state index in [-0.39, 0.29) is 5.91 Å². The van der Waals surface area contributed by atoms with E-state index in [1.54, 1.807) is 18.7 Å². The third-order valence-electron chi connectivity index (χ3n) is 6.56. The Morgan fingerprint density at radius 2 is 2.00 bits per heavy atom. The molecule has 1 aromatic carbocycles. The number of nitrogens with two attached hydrogens (primary N) is 1. The molecule has 0 spiro atoms. The number of imidazole rings is 1. The monoisotopic (exact) mass is 497 g/mol. The van der Waals surface area contributed by atoms with E-state index in [4.69, 9.17) is 20.2 Å². The summed E-state index contributed by atoms with van der Waals surface area (Å²) in [4.78, 5) is 30.4. The van der Waals surface area contributed by atoms with Crippen molar-refractivity contribution in [2.75, 3.05) is 51.0 Å². The van der Waals surface area contributed by atoms with Crippen LogP contribution in [0.3, 0.4) is 0 Å². The number of fused-ring (bicyclic) bond motifs is 2. The zero-order chi connectivity index (χ0) is 24.5. The summed E-state index contributed by atoms with van der Waals surface area (Å²) in [6, 6.07) is 4.02. The Bertz CT molecular complexity index is 1250. The number of ether oxygens (including phenoxy) is 2. The van der Waals surface area contributed by atoms with Crippen LogP contribution < -0.4 is 20.1 Å². The molecule has 11 heteroatoms. The lowest BCUT2D eigenvalue weighted by molar-refractivity contribution is -0.130. The van der Waals surface area contributed by atoms with E-state index in [0.717, 1.165) is 71.8 Å². The smallest absolute Gasteiger partial charge is 0.219 e. The van der Waals surface area contributed by atoms with E-state index in [2.05, 4.69) is 19.4 Å². The summed E-state index contributed by atoms with van der Waals surface area (Å²) in [6.45, 7) is 5.10. The topological polar surface area (TPSA) is 112 Å². The third-order valence-corrected chi connectivity index (χ3v) is 7.60. The van der Waals surface area contributed by atoms with Gasteiger partial charge in [0.15, 0.2) is 33.6 Å². The lowest BCUT2D eigenvalue weighted by Crippen LogP contribution is -2.38. The Morgan fingerprint density at radius 1 is 1.23 bits per heavy atom. The van der Waals surface area contributed by atoms with E-state index < -0.39 is 0 Å². The van der Waals surface area contributed by atoms with Crippen molar-refractivity contribution in [1.29, 1.82) is 0 Å². The molecule has 5 rings (SSSR count). The second-order valence-corrected chi connectivity index (χ2v) is 10.2. The quantitative estimate of drug-likeness (QED) is 0.549. The highest BCUT2D eigenvalue weighted by Gasteiger charge is 2.24. The number of rotatable bonds is 6. The van der Waals surface area contributed by atoms with Gasteiger partial charge in [0, 0.05) is 57.7 Å². The molecule has 0 radical (unpaired) electrons. The fourth-order valence-corrected chi connectivity index (χ4v) is 5.83. The molecule has 4 heterocycles. The number of nitrogens with zero attached hydrogens (tertiary/aromatic N) is 6. The number of carbonyl (C=O) groups excluding carboxylic acids is 1. The Kier molecular flexibility index (Phi) is 6.59. The first-order chi connectivity index (χ1) is 16.9. The summed E-state index contributed by atoms with van der Waals surface area (Å²) in [7, 11) is 4.01. The molecule has 1 unspecified atom stereocenters. The molecule has 1 saturated heterocycles. The van der Waals surface area contributed by atoms with Gasteiger partial charge in [0.05, 0.1) is 5.69 Å². The van der Waals surface area contributed by atoms with Gasteiger partial charge in [0.1, 0.15) is 19.5 Å². The predicted molar refractivity (Wildman–Crippen MR) is 135 cm³/mol. The second-order valence-electron chi connectivity index (χ2n) is 9.20. The number of piperidine rings is 1. The Hall–Kier alpha value is -3.21. The number of likely N-dealkylation sites (tertiary alicyclic amines) is 1. The molecular weight excluding hydrogens is 466 g/mol. The summed E-state index contributed by atoms with van der Waals surface area (Å²) in [5, 5.41) is 0.797. The standard InChI is InChI=1S/C24H31N7O3S/c1-15(32)30-7-4-5-16(13-30)6-8-31-23-21(22(25)26-14-27-23)28-24(31)35-20-12-19-18(33-9-10-34-19)11-17(20)29(2)3/h11-12,14,16H,4-10,13H2,1-3H3,(H2,25,26,27). The second kappa shape index (κ2) is 9.80. The molecule has 35 heavy (non-hydrogen) atoms. The summed E-state index contributed by atoms with van der Waals surface area (Å²) >= 11 is 1.56. The van der Waals surface area contributed by atoms with Crippen molar-refractivity contribution in [1.82, 2.24) is 24.4 Å². The van der Waals surface area contributed by atoms with Crippen molar-refractivity contribution >= 4 is 40.3 Å². The summed E-state index contributed by atoms with van der Waals surface area (Å²) in [5.74, 6) is 2.44. The van der Waals surface area contributed by atoms with E-state index in [9.17, 15) is 4.79 Å². The molecule has 0 aliphatic carbocycles. The number of hydrogen-bond acceptors (Lipinski definition) is 9. The molecule has 1 fully saturated rings. The average Bonchev–Trinajstić information content (AvgIpc) is 3.20. The normalized spacial score (nSPS) is 17.6. The lowest BCUT2D eigenvalue weighted by Gasteiger charge is -2.32. The first kappa shape index (κ1) is 23.5. The number of carbonyl (C=O) groups is 1. The minimum absolute atomic E-state index is 0.148. The van der Waals surface area contributed by atoms with Crippen LogP contribution in [0.25, 0.3) is 11.2 Å². The molecule has 2 aromatic heterocycles. The SMILES string of the molecule is CC(=O)N1CCCC(CCn2c(Sc3cc4c(cc3N(C)C)OCCO4)nc3c(N)ncnc32)C1. The van der Waals surface area contributed by atoms with E-state index >= 15 is 0 Å². The van der Waals surface area contributed by atoms with Crippen molar-refractivity contribution in [2.24, 2.45) is 5.92 Å². The number of anilines is 2. The van der Waals surface area contributed by atoms with Crippen LogP contribution in [-0.4, -0.2) is 70.7 Å². The van der Waals surface area contributed by atoms with Crippen molar-refractivity contribution in [3.8, 4) is 11.5 Å². The van der Waals surface area contributed by atoms with Gasteiger partial charge < -0.3 is 29.6 Å². The largest absolute Gasteiger partial charge is 0.486 e. The molecule has 2 N–H and O–H groups in total. The molecule has 1 amide bonds. The molecule has 10 nitrogen and oxygen atoms in total. The summed E-state index contributed by atoms with van der Waals surface area (Å²) in [6.07, 6.45) is 4.56. The summed E-state index contributed by atoms with van der Waals surface area (Å²) < 4.78 is 13.8. The third kappa shape index (κ3) is 4.82. The highest BCUT2D eigenvalue weighted by atomic mass is 32.2.